The third kappa shape index (κ3) is 379. The fourth-order valence-electron chi connectivity index (χ4n) is 0. The van der Waals surface area contributed by atoms with Crippen molar-refractivity contribution >= 4 is 0 Å². The zero-order chi connectivity index (χ0) is 0. The maximum absolute atomic E-state index is 0. The van der Waals surface area contributed by atoms with Gasteiger partial charge in [-0.2, -0.15) is 0 Å². The van der Waals surface area contributed by atoms with Gasteiger partial charge in [0.15, 0.2) is 0 Å². The first-order valence-electron chi connectivity index (χ1n) is 0. The molecule has 10 N–H and O–H groups in total. The molecular formula is H10N2O5U-6. The van der Waals surface area contributed by atoms with Crippen LogP contribution >= 0.6 is 0 Å². The molecule has 0 spiro atoms. The van der Waals surface area contributed by atoms with Crippen molar-refractivity contribution in [2.24, 2.45) is 0 Å². The summed E-state index contributed by atoms with van der Waals surface area (Å²) < 4.78 is 0. The summed E-state index contributed by atoms with van der Waals surface area (Å²) in [5.41, 5.74) is 0. The summed E-state index contributed by atoms with van der Waals surface area (Å²) in [5, 5.41) is 0. The Morgan fingerprint density at radius 1 is 0.500 bits per heavy atom. The maximum Gasteiger partial charge on any atom is 0 e. The van der Waals surface area contributed by atoms with E-state index in [0.717, 1.165) is 0 Å². The minimum Gasteiger partial charge on any atom is -2.00 e. The Bertz CT molecular complexity index is 10.4. The van der Waals surface area contributed by atoms with Gasteiger partial charge in [0.05, 0.1) is 0 Å². The van der Waals surface area contributed by atoms with Crippen molar-refractivity contribution in [2.45, 2.75) is 0 Å². The first-order chi connectivity index (χ1) is 0. The number of hydrogen-bond acceptors (Lipinski definition) is 0. The van der Waals surface area contributed by atoms with E-state index in [1.165, 1.54) is 0 Å². The Balaban J connectivity index is 0. The van der Waals surface area contributed by atoms with Crippen molar-refractivity contribution in [3.8, 4) is 0 Å². The normalized spacial score (nSPS) is 0. The molecule has 8 heteroatoms. The molecule has 60 valence electrons. The SMILES string of the molecule is O.[NH4+].[NH4+].[O-2].[O-2].[O-2].[O-2].[U]. The van der Waals surface area contributed by atoms with Gasteiger partial charge in [0, 0.05) is 31.1 Å². The van der Waals surface area contributed by atoms with Crippen molar-refractivity contribution in [1.29, 1.82) is 0 Å². The molecule has 0 unspecified atom stereocenters. The van der Waals surface area contributed by atoms with Crippen LogP contribution in [0.15, 0.2) is 0 Å². The Morgan fingerprint density at radius 3 is 0.500 bits per heavy atom. The predicted octanol–water partition coefficient (Wildman–Crippen LogP) is -0.548. The molecule has 0 saturated carbocycles. The van der Waals surface area contributed by atoms with Crippen LogP contribution in [-0.2, 0) is 21.9 Å². The van der Waals surface area contributed by atoms with Crippen LogP contribution in [0.5, 0.6) is 0 Å². The van der Waals surface area contributed by atoms with E-state index >= 15 is 0 Å². The van der Waals surface area contributed by atoms with Crippen LogP contribution in [-0.4, -0.2) is 5.48 Å². The summed E-state index contributed by atoms with van der Waals surface area (Å²) in [6.45, 7) is 0. The van der Waals surface area contributed by atoms with E-state index in [1.807, 2.05) is 0 Å². The Kier molecular flexibility index (Phi) is 66500. The summed E-state index contributed by atoms with van der Waals surface area (Å²) >= 11 is 0. The Hall–Kier alpha value is 0.772. The molecule has 0 rings (SSSR count). The van der Waals surface area contributed by atoms with E-state index in [-0.39, 0.29) is 70.8 Å². The first kappa shape index (κ1) is 889. The largest absolute Gasteiger partial charge is 2.00 e. The fraction of sp³-hybridized carbons (Fsp3) is 0. The molecule has 0 aliphatic rings. The summed E-state index contributed by atoms with van der Waals surface area (Å²) in [5.74, 6) is 0. The minimum absolute atomic E-state index is 0. The van der Waals surface area contributed by atoms with Crippen molar-refractivity contribution < 1.29 is 58.5 Å². The second-order valence-electron chi connectivity index (χ2n) is 0. The van der Waals surface area contributed by atoms with Crippen molar-refractivity contribution in [3.05, 3.63) is 0 Å². The van der Waals surface area contributed by atoms with Gasteiger partial charge in [-0.15, -0.1) is 0 Å². The van der Waals surface area contributed by atoms with Gasteiger partial charge in [-0.3, -0.25) is 0 Å². The fourth-order valence-corrected chi connectivity index (χ4v) is 0. The molecule has 0 atom stereocenters. The van der Waals surface area contributed by atoms with Gasteiger partial charge >= 0.3 is 0 Å². The van der Waals surface area contributed by atoms with Crippen LogP contribution in [0.3, 0.4) is 0 Å². The van der Waals surface area contributed by atoms with Crippen molar-refractivity contribution in [3.63, 3.8) is 0 Å². The molecule has 0 saturated heterocycles. The molecule has 0 amide bonds. The topological polar surface area (TPSA) is 218 Å². The molecule has 0 heterocycles. The molecule has 0 aromatic rings. The first-order valence-corrected chi connectivity index (χ1v) is 0. The second-order valence-corrected chi connectivity index (χ2v) is 0. The summed E-state index contributed by atoms with van der Waals surface area (Å²) in [7, 11) is 0. The van der Waals surface area contributed by atoms with Crippen LogP contribution in [0.1, 0.15) is 0 Å². The van der Waals surface area contributed by atoms with Crippen molar-refractivity contribution in [1.82, 2.24) is 12.3 Å². The monoisotopic (exact) mass is 356 g/mol. The Labute approximate surface area is 70.9 Å². The molecular weight excluding hydrogens is 346 g/mol. The minimum atomic E-state index is 0. The average Bonchev–Trinajstić information content (AvgIpc) is 0. The molecule has 7 nitrogen and oxygen atoms in total. The van der Waals surface area contributed by atoms with Gasteiger partial charge in [0.2, 0.25) is 0 Å². The standard InChI is InChI=1S/2H3N.H2O.4O.U/h2*1H3;1H2;;;;;/q;;;4*-2;/p+2. The number of rotatable bonds is 0. The third-order valence-corrected chi connectivity index (χ3v) is 0. The van der Waals surface area contributed by atoms with Crippen molar-refractivity contribution in [2.75, 3.05) is 0 Å². The van der Waals surface area contributed by atoms with E-state index in [1.54, 1.807) is 0 Å². The van der Waals surface area contributed by atoms with Gasteiger partial charge in [-0.05, 0) is 0 Å². The van der Waals surface area contributed by atoms with Crippen LogP contribution in [0.2, 0.25) is 0 Å². The number of quaternary nitrogens is 2. The van der Waals surface area contributed by atoms with Gasteiger partial charge in [-0.25, -0.2) is 0 Å². The van der Waals surface area contributed by atoms with Crippen LogP contribution < -0.4 is 12.3 Å². The van der Waals surface area contributed by atoms with E-state index in [4.69, 9.17) is 0 Å². The smallest absolute Gasteiger partial charge is 0 e. The number of hydrogen-bond donors (Lipinski definition) is 2. The predicted molar refractivity (Wildman–Crippen MR) is 18.3 cm³/mol. The van der Waals surface area contributed by atoms with Crippen LogP contribution in [0.4, 0.5) is 0 Å². The molecule has 8 heavy (non-hydrogen) atoms. The average molecular weight is 356 g/mol. The van der Waals surface area contributed by atoms with E-state index in [9.17, 15) is 0 Å². The van der Waals surface area contributed by atoms with E-state index in [0.29, 0.717) is 0 Å². The van der Waals surface area contributed by atoms with E-state index in [2.05, 4.69) is 0 Å². The summed E-state index contributed by atoms with van der Waals surface area (Å²) in [4.78, 5) is 0. The molecule has 0 aliphatic carbocycles. The van der Waals surface area contributed by atoms with E-state index < -0.39 is 0 Å². The second kappa shape index (κ2) is 598. The van der Waals surface area contributed by atoms with Crippen LogP contribution in [0.25, 0.3) is 0 Å². The van der Waals surface area contributed by atoms with Gasteiger partial charge in [0.1, 0.15) is 0 Å². The van der Waals surface area contributed by atoms with Gasteiger partial charge in [-0.1, -0.05) is 0 Å². The Morgan fingerprint density at radius 2 is 0.500 bits per heavy atom. The molecule has 0 radical (unpaired) electrons. The molecule has 0 bridgehead atoms. The maximum atomic E-state index is 0. The zero-order valence-corrected chi connectivity index (χ0v) is 8.80. The molecule has 0 aromatic heterocycles. The van der Waals surface area contributed by atoms with Gasteiger partial charge < -0.3 is 39.7 Å². The quantitative estimate of drug-likeness (QED) is 0.558. The summed E-state index contributed by atoms with van der Waals surface area (Å²) in [6.07, 6.45) is 0. The third-order valence-electron chi connectivity index (χ3n) is 0. The summed E-state index contributed by atoms with van der Waals surface area (Å²) in [6, 6.07) is 0. The molecule has 0 aromatic carbocycles. The van der Waals surface area contributed by atoms with Crippen LogP contribution in [0, 0.1) is 31.1 Å². The van der Waals surface area contributed by atoms with Gasteiger partial charge in [0.25, 0.3) is 0 Å². The molecule has 0 fully saturated rings. The zero-order valence-electron chi connectivity index (χ0n) is 4.63. The molecule has 0 aliphatic heterocycles.